The van der Waals surface area contributed by atoms with Gasteiger partial charge in [-0.15, -0.1) is 0 Å². The minimum absolute atomic E-state index is 0.0478. The monoisotopic (exact) mass is 431 g/mol. The summed E-state index contributed by atoms with van der Waals surface area (Å²) in [5.41, 5.74) is 1.67. The fraction of sp³-hybridized carbons (Fsp3) is 0.667. The lowest BCUT2D eigenvalue weighted by Gasteiger charge is -2.16. The van der Waals surface area contributed by atoms with Crippen LogP contribution in [0.3, 0.4) is 0 Å². The molecule has 0 atom stereocenters. The van der Waals surface area contributed by atoms with E-state index in [0.29, 0.717) is 31.4 Å². The summed E-state index contributed by atoms with van der Waals surface area (Å²) in [4.78, 5) is 19.1. The molecule has 7 heteroatoms. The quantitative estimate of drug-likeness (QED) is 0.217. The highest BCUT2D eigenvalue weighted by atomic mass is 16.5. The van der Waals surface area contributed by atoms with Crippen LogP contribution in [0, 0.1) is 0 Å². The van der Waals surface area contributed by atoms with Gasteiger partial charge in [0.1, 0.15) is 0 Å². The maximum Gasteiger partial charge on any atom is 0.251 e. The maximum absolute atomic E-state index is 12.3. The molecule has 1 amide bonds. The largest absolute Gasteiger partial charge is 0.376 e. The van der Waals surface area contributed by atoms with Gasteiger partial charge in [-0.2, -0.15) is 0 Å². The number of hydrogen-bond acceptors (Lipinski definition) is 4. The van der Waals surface area contributed by atoms with Gasteiger partial charge in [0, 0.05) is 31.7 Å². The van der Waals surface area contributed by atoms with Crippen molar-refractivity contribution >= 4 is 11.9 Å². The van der Waals surface area contributed by atoms with E-state index in [1.807, 2.05) is 43.3 Å². The molecule has 1 aromatic carbocycles. The molecule has 0 heterocycles. The summed E-state index contributed by atoms with van der Waals surface area (Å²) >= 11 is 0. The highest BCUT2D eigenvalue weighted by molar-refractivity contribution is 5.94. The van der Waals surface area contributed by atoms with Crippen LogP contribution < -0.4 is 16.0 Å². The molecule has 1 aliphatic rings. The second-order valence-corrected chi connectivity index (χ2v) is 8.37. The second-order valence-electron chi connectivity index (χ2n) is 8.37. The minimum atomic E-state index is -0.0478. The van der Waals surface area contributed by atoms with Crippen LogP contribution in [0.2, 0.25) is 0 Å². The topological polar surface area (TPSA) is 78.0 Å². The molecule has 0 aliphatic heterocycles. The third-order valence-corrected chi connectivity index (χ3v) is 5.35. The zero-order chi connectivity index (χ0) is 22.3. The average molecular weight is 432 g/mol. The first kappa shape index (κ1) is 25.1. The molecular formula is C24H41N5O2. The van der Waals surface area contributed by atoms with Crippen molar-refractivity contribution < 1.29 is 9.53 Å². The van der Waals surface area contributed by atoms with E-state index >= 15 is 0 Å². The lowest BCUT2D eigenvalue weighted by atomic mass is 10.1. The molecule has 0 unspecified atom stereocenters. The number of likely N-dealkylation sites (N-methyl/N-ethyl adjacent to an activating group) is 1. The van der Waals surface area contributed by atoms with E-state index in [4.69, 9.17) is 4.74 Å². The Bertz CT molecular complexity index is 670. The Morgan fingerprint density at radius 2 is 1.87 bits per heavy atom. The summed E-state index contributed by atoms with van der Waals surface area (Å²) < 4.78 is 6.05. The number of aliphatic imine (C=N–C) groups is 1. The molecule has 0 aromatic heterocycles. The smallest absolute Gasteiger partial charge is 0.251 e. The van der Waals surface area contributed by atoms with Crippen molar-refractivity contribution in [1.82, 2.24) is 20.9 Å². The molecule has 0 radical (unpaired) electrons. The number of benzene rings is 1. The first-order valence-corrected chi connectivity index (χ1v) is 11.7. The van der Waals surface area contributed by atoms with E-state index in [0.717, 1.165) is 31.2 Å². The number of guanidine groups is 1. The van der Waals surface area contributed by atoms with Gasteiger partial charge < -0.3 is 25.6 Å². The third kappa shape index (κ3) is 10.6. The van der Waals surface area contributed by atoms with E-state index in [1.54, 1.807) is 0 Å². The van der Waals surface area contributed by atoms with Crippen LogP contribution in [0.25, 0.3) is 0 Å². The standard InChI is InChI=1S/C24H41N5O2/c1-4-25-24(27-15-17-31-22-12-7-5-6-8-13-22)28-19-20-10-9-11-21(18-20)23(30)26-14-16-29(2)3/h9-11,18,22H,4-8,12-17,19H2,1-3H3,(H,26,30)(H2,25,27,28). The summed E-state index contributed by atoms with van der Waals surface area (Å²) in [6.45, 7) is 6.23. The Balaban J connectivity index is 1.80. The minimum Gasteiger partial charge on any atom is -0.376 e. The van der Waals surface area contributed by atoms with Crippen LogP contribution in [0.4, 0.5) is 0 Å². The average Bonchev–Trinajstić information content (AvgIpc) is 3.03. The van der Waals surface area contributed by atoms with Gasteiger partial charge in [-0.3, -0.25) is 4.79 Å². The number of hydrogen-bond donors (Lipinski definition) is 3. The predicted octanol–water partition coefficient (Wildman–Crippen LogP) is 2.77. The van der Waals surface area contributed by atoms with Crippen LogP contribution >= 0.6 is 0 Å². The van der Waals surface area contributed by atoms with E-state index in [1.165, 1.54) is 38.5 Å². The number of amides is 1. The molecule has 174 valence electrons. The lowest BCUT2D eigenvalue weighted by Crippen LogP contribution is -2.39. The van der Waals surface area contributed by atoms with Crippen molar-refractivity contribution in [3.8, 4) is 0 Å². The number of carbonyl (C=O) groups excluding carboxylic acids is 1. The molecule has 0 saturated heterocycles. The Morgan fingerprint density at radius 3 is 2.58 bits per heavy atom. The number of carbonyl (C=O) groups is 1. The van der Waals surface area contributed by atoms with Crippen molar-refractivity contribution in [3.05, 3.63) is 35.4 Å². The molecule has 3 N–H and O–H groups in total. The highest BCUT2D eigenvalue weighted by Gasteiger charge is 2.12. The van der Waals surface area contributed by atoms with E-state index in [-0.39, 0.29) is 5.91 Å². The summed E-state index contributed by atoms with van der Waals surface area (Å²) in [6, 6.07) is 7.66. The van der Waals surface area contributed by atoms with E-state index in [9.17, 15) is 4.79 Å². The van der Waals surface area contributed by atoms with Gasteiger partial charge in [0.15, 0.2) is 5.96 Å². The number of nitrogens with one attached hydrogen (secondary N) is 3. The Kier molecular flexibility index (Phi) is 12.0. The van der Waals surface area contributed by atoms with E-state index in [2.05, 4.69) is 27.9 Å². The fourth-order valence-corrected chi connectivity index (χ4v) is 3.62. The fourth-order valence-electron chi connectivity index (χ4n) is 3.62. The van der Waals surface area contributed by atoms with Crippen molar-refractivity contribution in [2.75, 3.05) is 46.9 Å². The van der Waals surface area contributed by atoms with Crippen molar-refractivity contribution in [2.45, 2.75) is 58.1 Å². The van der Waals surface area contributed by atoms with Gasteiger partial charge >= 0.3 is 0 Å². The first-order chi connectivity index (χ1) is 15.1. The SMILES string of the molecule is CCNC(=NCc1cccc(C(=O)NCCN(C)C)c1)NCCOC1CCCCCC1. The number of ether oxygens (including phenoxy) is 1. The van der Waals surface area contributed by atoms with Gasteiger partial charge in [0.25, 0.3) is 5.91 Å². The Hall–Kier alpha value is -2.12. The maximum atomic E-state index is 12.3. The summed E-state index contributed by atoms with van der Waals surface area (Å²) in [5, 5.41) is 9.58. The Morgan fingerprint density at radius 1 is 1.10 bits per heavy atom. The van der Waals surface area contributed by atoms with Gasteiger partial charge in [-0.1, -0.05) is 37.8 Å². The van der Waals surface area contributed by atoms with Gasteiger partial charge in [0.2, 0.25) is 0 Å². The molecule has 1 aliphatic carbocycles. The van der Waals surface area contributed by atoms with Crippen LogP contribution in [0.1, 0.15) is 61.4 Å². The van der Waals surface area contributed by atoms with Gasteiger partial charge in [-0.25, -0.2) is 4.99 Å². The molecule has 1 aromatic rings. The van der Waals surface area contributed by atoms with Crippen LogP contribution in [0.5, 0.6) is 0 Å². The molecule has 1 saturated carbocycles. The number of nitrogens with zero attached hydrogens (tertiary/aromatic N) is 2. The zero-order valence-corrected chi connectivity index (χ0v) is 19.6. The summed E-state index contributed by atoms with van der Waals surface area (Å²) in [5.74, 6) is 0.723. The molecule has 2 rings (SSSR count). The molecular weight excluding hydrogens is 390 g/mol. The molecule has 1 fully saturated rings. The second kappa shape index (κ2) is 14.8. The van der Waals surface area contributed by atoms with Crippen LogP contribution in [-0.4, -0.2) is 69.8 Å². The summed E-state index contributed by atoms with van der Waals surface area (Å²) in [7, 11) is 3.98. The molecule has 7 nitrogen and oxygen atoms in total. The predicted molar refractivity (Wildman–Crippen MR) is 128 cm³/mol. The van der Waals surface area contributed by atoms with Crippen LogP contribution in [-0.2, 0) is 11.3 Å². The highest BCUT2D eigenvalue weighted by Crippen LogP contribution is 2.19. The van der Waals surface area contributed by atoms with Crippen molar-refractivity contribution in [1.29, 1.82) is 0 Å². The Labute approximate surface area is 188 Å². The van der Waals surface area contributed by atoms with Gasteiger partial charge in [-0.05, 0) is 51.6 Å². The normalized spacial score (nSPS) is 15.5. The lowest BCUT2D eigenvalue weighted by molar-refractivity contribution is 0.0468. The molecule has 0 spiro atoms. The number of rotatable bonds is 11. The third-order valence-electron chi connectivity index (χ3n) is 5.35. The van der Waals surface area contributed by atoms with E-state index < -0.39 is 0 Å². The molecule has 31 heavy (non-hydrogen) atoms. The van der Waals surface area contributed by atoms with Crippen molar-refractivity contribution in [2.24, 2.45) is 4.99 Å². The van der Waals surface area contributed by atoms with Gasteiger partial charge in [0.05, 0.1) is 19.3 Å². The molecule has 0 bridgehead atoms. The first-order valence-electron chi connectivity index (χ1n) is 11.7. The van der Waals surface area contributed by atoms with Crippen LogP contribution in [0.15, 0.2) is 29.3 Å². The summed E-state index contributed by atoms with van der Waals surface area (Å²) in [6.07, 6.45) is 8.04. The van der Waals surface area contributed by atoms with Crippen molar-refractivity contribution in [3.63, 3.8) is 0 Å². The zero-order valence-electron chi connectivity index (χ0n) is 19.6.